The standard InChI is InChI=1S/C24H19ClN4O/c1-15-21(23(30)27-18-12-6-5-11-17(18)25)22(16-9-3-2-4-10-16)29-20-14-8-7-13-19(20)28-24(29)26-15/h2-14,22H,1H3,(H,26,28)(H,27,30)/t22-/m1/s1. The summed E-state index contributed by atoms with van der Waals surface area (Å²) in [6.45, 7) is 1.90. The number of rotatable bonds is 3. The Morgan fingerprint density at radius 2 is 1.70 bits per heavy atom. The van der Waals surface area contributed by atoms with Crippen LogP contribution in [0.1, 0.15) is 18.5 Å². The molecular formula is C24H19ClN4O. The summed E-state index contributed by atoms with van der Waals surface area (Å²) in [6.07, 6.45) is 0. The highest BCUT2D eigenvalue weighted by Crippen LogP contribution is 2.39. The van der Waals surface area contributed by atoms with Gasteiger partial charge in [-0.25, -0.2) is 4.98 Å². The first kappa shape index (κ1) is 18.5. The number of fused-ring (bicyclic) bond motifs is 3. The largest absolute Gasteiger partial charge is 0.329 e. The van der Waals surface area contributed by atoms with Gasteiger partial charge >= 0.3 is 0 Å². The molecule has 6 heteroatoms. The van der Waals surface area contributed by atoms with Crippen molar-refractivity contribution in [2.45, 2.75) is 13.0 Å². The van der Waals surface area contributed by atoms with Crippen molar-refractivity contribution in [3.63, 3.8) is 0 Å². The number of carbonyl (C=O) groups is 1. The van der Waals surface area contributed by atoms with Crippen LogP contribution >= 0.6 is 11.6 Å². The van der Waals surface area contributed by atoms with Gasteiger partial charge < -0.3 is 10.6 Å². The lowest BCUT2D eigenvalue weighted by Gasteiger charge is -2.30. The third-order valence-electron chi connectivity index (χ3n) is 5.31. The number of nitrogens with zero attached hydrogens (tertiary/aromatic N) is 2. The molecule has 1 aliphatic heterocycles. The maximum Gasteiger partial charge on any atom is 0.255 e. The summed E-state index contributed by atoms with van der Waals surface area (Å²) in [6, 6.07) is 24.8. The maximum atomic E-state index is 13.5. The molecule has 0 saturated carbocycles. The zero-order valence-corrected chi connectivity index (χ0v) is 17.0. The van der Waals surface area contributed by atoms with Crippen LogP contribution in [0.4, 0.5) is 11.6 Å². The molecule has 3 aromatic carbocycles. The molecule has 4 aromatic rings. The van der Waals surface area contributed by atoms with E-state index < -0.39 is 0 Å². The van der Waals surface area contributed by atoms with Gasteiger partial charge in [-0.3, -0.25) is 9.36 Å². The van der Waals surface area contributed by atoms with Gasteiger partial charge in [0.1, 0.15) is 0 Å². The van der Waals surface area contributed by atoms with Crippen molar-refractivity contribution >= 4 is 40.2 Å². The van der Waals surface area contributed by atoms with Crippen molar-refractivity contribution in [3.05, 3.63) is 101 Å². The van der Waals surface area contributed by atoms with Crippen molar-refractivity contribution in [1.82, 2.24) is 9.55 Å². The normalized spacial score (nSPS) is 15.6. The number of anilines is 2. The van der Waals surface area contributed by atoms with Crippen LogP contribution in [0.25, 0.3) is 11.0 Å². The number of carbonyl (C=O) groups excluding carboxylic acids is 1. The van der Waals surface area contributed by atoms with Crippen LogP contribution in [0.5, 0.6) is 0 Å². The maximum absolute atomic E-state index is 13.5. The molecule has 1 aliphatic rings. The molecule has 2 N–H and O–H groups in total. The fourth-order valence-electron chi connectivity index (χ4n) is 3.96. The number of nitrogens with one attached hydrogen (secondary N) is 2. The van der Waals surface area contributed by atoms with E-state index in [0.717, 1.165) is 28.2 Å². The molecule has 30 heavy (non-hydrogen) atoms. The van der Waals surface area contributed by atoms with E-state index in [1.807, 2.05) is 73.7 Å². The van der Waals surface area contributed by atoms with Gasteiger partial charge in [-0.15, -0.1) is 0 Å². The molecule has 1 amide bonds. The Morgan fingerprint density at radius 3 is 2.50 bits per heavy atom. The monoisotopic (exact) mass is 414 g/mol. The smallest absolute Gasteiger partial charge is 0.255 e. The number of hydrogen-bond donors (Lipinski definition) is 2. The minimum Gasteiger partial charge on any atom is -0.329 e. The van der Waals surface area contributed by atoms with Gasteiger partial charge in [0.15, 0.2) is 0 Å². The highest BCUT2D eigenvalue weighted by Gasteiger charge is 2.34. The van der Waals surface area contributed by atoms with Crippen LogP contribution < -0.4 is 10.6 Å². The zero-order chi connectivity index (χ0) is 20.7. The van der Waals surface area contributed by atoms with Crippen molar-refractivity contribution in [3.8, 4) is 0 Å². The van der Waals surface area contributed by atoms with Gasteiger partial charge in [0.25, 0.3) is 5.91 Å². The molecule has 148 valence electrons. The predicted molar refractivity (Wildman–Crippen MR) is 121 cm³/mol. The van der Waals surface area contributed by atoms with E-state index in [1.54, 1.807) is 12.1 Å². The second-order valence-corrected chi connectivity index (χ2v) is 7.61. The average molecular weight is 415 g/mol. The number of amides is 1. The van der Waals surface area contributed by atoms with Crippen molar-refractivity contribution in [2.24, 2.45) is 0 Å². The van der Waals surface area contributed by atoms with Crippen molar-refractivity contribution in [2.75, 3.05) is 10.6 Å². The van der Waals surface area contributed by atoms with Crippen LogP contribution in [0.15, 0.2) is 90.1 Å². The number of aromatic nitrogens is 2. The molecule has 5 rings (SSSR count). The summed E-state index contributed by atoms with van der Waals surface area (Å²) in [5, 5.41) is 6.79. The first-order valence-corrected chi connectivity index (χ1v) is 10.1. The topological polar surface area (TPSA) is 59.0 Å². The number of hydrogen-bond acceptors (Lipinski definition) is 3. The Kier molecular flexibility index (Phi) is 4.52. The minimum atomic E-state index is -0.322. The Morgan fingerprint density at radius 1 is 1.00 bits per heavy atom. The molecule has 5 nitrogen and oxygen atoms in total. The molecule has 1 atom stereocenters. The van der Waals surface area contributed by atoms with Crippen LogP contribution in [0.3, 0.4) is 0 Å². The molecule has 0 bridgehead atoms. The molecule has 0 saturated heterocycles. The van der Waals surface area contributed by atoms with Crippen molar-refractivity contribution in [1.29, 1.82) is 0 Å². The second-order valence-electron chi connectivity index (χ2n) is 7.20. The minimum absolute atomic E-state index is 0.203. The lowest BCUT2D eigenvalue weighted by Crippen LogP contribution is -2.31. The van der Waals surface area contributed by atoms with Gasteiger partial charge in [-0.2, -0.15) is 0 Å². The molecule has 0 unspecified atom stereocenters. The summed E-state index contributed by atoms with van der Waals surface area (Å²) in [5.74, 6) is 0.516. The van der Waals surface area contributed by atoms with Gasteiger partial charge in [0.05, 0.1) is 33.4 Å². The lowest BCUT2D eigenvalue weighted by atomic mass is 9.94. The Bertz CT molecular complexity index is 1290. The molecule has 0 aliphatic carbocycles. The van der Waals surface area contributed by atoms with Gasteiger partial charge in [-0.05, 0) is 36.8 Å². The van der Waals surface area contributed by atoms with Crippen LogP contribution in [-0.4, -0.2) is 15.5 Å². The molecule has 1 aromatic heterocycles. The average Bonchev–Trinajstić information content (AvgIpc) is 3.12. The van der Waals surface area contributed by atoms with E-state index >= 15 is 0 Å². The van der Waals surface area contributed by atoms with Gasteiger partial charge in [-0.1, -0.05) is 66.2 Å². The van der Waals surface area contributed by atoms with Gasteiger partial charge in [0.2, 0.25) is 5.95 Å². The van der Waals surface area contributed by atoms with E-state index in [2.05, 4.69) is 15.2 Å². The fourth-order valence-corrected chi connectivity index (χ4v) is 4.14. The second kappa shape index (κ2) is 7.35. The SMILES string of the molecule is CC1=C(C(=O)Nc2ccccc2Cl)[C@@H](c2ccccc2)n2c(nc3ccccc32)N1. The third-order valence-corrected chi connectivity index (χ3v) is 5.64. The van der Waals surface area contributed by atoms with E-state index in [9.17, 15) is 4.79 Å². The number of imidazole rings is 1. The summed E-state index contributed by atoms with van der Waals surface area (Å²) < 4.78 is 2.08. The van der Waals surface area contributed by atoms with Crippen LogP contribution in [0, 0.1) is 0 Å². The molecule has 2 heterocycles. The molecule has 0 fully saturated rings. The van der Waals surface area contributed by atoms with E-state index in [1.165, 1.54) is 0 Å². The van der Waals surface area contributed by atoms with E-state index in [4.69, 9.17) is 16.6 Å². The zero-order valence-electron chi connectivity index (χ0n) is 16.3. The summed E-state index contributed by atoms with van der Waals surface area (Å²) in [7, 11) is 0. The first-order chi connectivity index (χ1) is 14.6. The van der Waals surface area contributed by atoms with E-state index in [0.29, 0.717) is 16.3 Å². The fraction of sp³-hybridized carbons (Fsp3) is 0.0833. The Balaban J connectivity index is 1.67. The van der Waals surface area contributed by atoms with E-state index in [-0.39, 0.29) is 11.9 Å². The first-order valence-electron chi connectivity index (χ1n) is 9.69. The van der Waals surface area contributed by atoms with Gasteiger partial charge in [0, 0.05) is 5.70 Å². The molecule has 0 radical (unpaired) electrons. The summed E-state index contributed by atoms with van der Waals surface area (Å²) >= 11 is 6.28. The predicted octanol–water partition coefficient (Wildman–Crippen LogP) is 5.62. The van der Waals surface area contributed by atoms with Crippen molar-refractivity contribution < 1.29 is 4.79 Å². The third kappa shape index (κ3) is 3.04. The van der Waals surface area contributed by atoms with Crippen LogP contribution in [-0.2, 0) is 4.79 Å². The number of allylic oxidation sites excluding steroid dienone is 1. The summed E-state index contributed by atoms with van der Waals surface area (Å²) in [5.41, 5.74) is 4.81. The number of benzene rings is 3. The Labute approximate surface area is 179 Å². The molecular weight excluding hydrogens is 396 g/mol. The Hall–Kier alpha value is -3.57. The quantitative estimate of drug-likeness (QED) is 0.457. The van der Waals surface area contributed by atoms with Crippen LogP contribution in [0.2, 0.25) is 5.02 Å². The summed E-state index contributed by atoms with van der Waals surface area (Å²) in [4.78, 5) is 18.2. The highest BCUT2D eigenvalue weighted by molar-refractivity contribution is 6.33. The lowest BCUT2D eigenvalue weighted by molar-refractivity contribution is -0.113. The molecule has 0 spiro atoms. The number of halogens is 1. The highest BCUT2D eigenvalue weighted by atomic mass is 35.5. The number of para-hydroxylation sites is 3.